The van der Waals surface area contributed by atoms with Crippen LogP contribution in [0.5, 0.6) is 0 Å². The Morgan fingerprint density at radius 1 is 1.25 bits per heavy atom. The molecule has 4 nitrogen and oxygen atoms in total. The molecule has 3 rings (SSSR count). The normalized spacial score (nSPS) is 19.2. The van der Waals surface area contributed by atoms with E-state index >= 15 is 0 Å². The Bertz CT molecular complexity index is 747. The van der Waals surface area contributed by atoms with Crippen molar-refractivity contribution in [3.8, 4) is 0 Å². The van der Waals surface area contributed by atoms with E-state index in [2.05, 4.69) is 30.3 Å². The van der Waals surface area contributed by atoms with Crippen LogP contribution < -0.4 is 0 Å². The van der Waals surface area contributed by atoms with E-state index in [-0.39, 0.29) is 17.7 Å². The topological polar surface area (TPSA) is 28.1 Å². The van der Waals surface area contributed by atoms with Gasteiger partial charge in [-0.25, -0.2) is 13.2 Å². The summed E-state index contributed by atoms with van der Waals surface area (Å²) in [5, 5.41) is 0. The molecule has 0 bridgehead atoms. The van der Waals surface area contributed by atoms with Crippen molar-refractivity contribution in [1.29, 1.82) is 0 Å². The average molecular weight is 337 g/mol. The Labute approximate surface area is 138 Å². The van der Waals surface area contributed by atoms with Gasteiger partial charge in [-0.3, -0.25) is 0 Å². The summed E-state index contributed by atoms with van der Waals surface area (Å²) in [5.74, 6) is -2.26. The van der Waals surface area contributed by atoms with Crippen molar-refractivity contribution >= 4 is 5.90 Å². The predicted octanol–water partition coefficient (Wildman–Crippen LogP) is 3.37. The highest BCUT2D eigenvalue weighted by molar-refractivity contribution is 5.90. The summed E-state index contributed by atoms with van der Waals surface area (Å²) in [7, 11) is 1.97. The Morgan fingerprint density at radius 3 is 2.50 bits per heavy atom. The van der Waals surface area contributed by atoms with Gasteiger partial charge in [0, 0.05) is 19.7 Å². The van der Waals surface area contributed by atoms with Crippen molar-refractivity contribution < 1.29 is 17.9 Å². The van der Waals surface area contributed by atoms with E-state index in [0.29, 0.717) is 11.7 Å². The Hall–Kier alpha value is -2.44. The van der Waals surface area contributed by atoms with E-state index in [1.807, 2.05) is 11.9 Å². The molecule has 1 fully saturated rings. The number of hydrogen-bond donors (Lipinski definition) is 0. The monoisotopic (exact) mass is 337 g/mol. The van der Waals surface area contributed by atoms with Crippen LogP contribution in [0, 0.1) is 17.5 Å². The molecule has 2 aliphatic rings. The number of benzene rings is 1. The van der Waals surface area contributed by atoms with Gasteiger partial charge < -0.3 is 14.5 Å². The Morgan fingerprint density at radius 2 is 1.88 bits per heavy atom. The summed E-state index contributed by atoms with van der Waals surface area (Å²) in [6.07, 6.45) is 1.75. The van der Waals surface area contributed by atoms with Crippen LogP contribution in [0.2, 0.25) is 0 Å². The number of likely N-dealkylation sites (N-methyl/N-ethyl adjacent to an activating group) is 1. The molecule has 0 aliphatic carbocycles. The van der Waals surface area contributed by atoms with Crippen LogP contribution in [0.15, 0.2) is 41.4 Å². The van der Waals surface area contributed by atoms with Gasteiger partial charge in [0.25, 0.3) is 0 Å². The number of halogens is 3. The van der Waals surface area contributed by atoms with Crippen LogP contribution in [-0.2, 0) is 11.3 Å². The number of ether oxygens (including phenoxy) is 1. The number of hydrogen-bond acceptors (Lipinski definition) is 4. The molecule has 1 aromatic carbocycles. The molecule has 1 aromatic rings. The molecule has 0 radical (unpaired) electrons. The first-order chi connectivity index (χ1) is 11.2. The maximum atomic E-state index is 13.2. The van der Waals surface area contributed by atoms with Crippen molar-refractivity contribution in [2.75, 3.05) is 13.6 Å². The maximum Gasteiger partial charge on any atom is 0.219 e. The largest absolute Gasteiger partial charge is 0.473 e. The maximum absolute atomic E-state index is 13.2. The van der Waals surface area contributed by atoms with Gasteiger partial charge in [-0.15, -0.1) is 0 Å². The van der Waals surface area contributed by atoms with Crippen LogP contribution >= 0.6 is 0 Å². The van der Waals surface area contributed by atoms with E-state index in [1.165, 1.54) is 0 Å². The van der Waals surface area contributed by atoms with Gasteiger partial charge >= 0.3 is 0 Å². The number of rotatable bonds is 2. The van der Waals surface area contributed by atoms with Crippen LogP contribution in [0.25, 0.3) is 0 Å². The van der Waals surface area contributed by atoms with Crippen LogP contribution in [0.3, 0.4) is 0 Å². The molecule has 0 amide bonds. The first-order valence-electron chi connectivity index (χ1n) is 7.46. The lowest BCUT2D eigenvalue weighted by atomic mass is 10.1. The zero-order valence-electron chi connectivity index (χ0n) is 13.7. The molecule has 0 saturated carbocycles. The van der Waals surface area contributed by atoms with Gasteiger partial charge in [-0.2, -0.15) is 4.99 Å². The molecule has 0 N–H and O–H groups in total. The van der Waals surface area contributed by atoms with E-state index in [1.54, 1.807) is 6.08 Å². The van der Waals surface area contributed by atoms with Crippen LogP contribution in [0.1, 0.15) is 19.4 Å². The second-order valence-corrected chi connectivity index (χ2v) is 6.49. The Balaban J connectivity index is 1.77. The second-order valence-electron chi connectivity index (χ2n) is 6.49. The van der Waals surface area contributed by atoms with Crippen molar-refractivity contribution in [3.63, 3.8) is 0 Å². The lowest BCUT2D eigenvalue weighted by molar-refractivity contribution is 0.261. The lowest BCUT2D eigenvalue weighted by Gasteiger charge is -2.28. The standard InChI is InChI=1S/C17H18F3N3O/c1-10-21-14(7-15-22(4)17(2,3)9-23(10)15)24-8-11-5-12(18)16(20)13(19)6-11/h5-7H,1,8-9H2,2-4H3. The molecule has 7 heteroatoms. The van der Waals surface area contributed by atoms with Crippen LogP contribution in [0.4, 0.5) is 13.2 Å². The fraction of sp³-hybridized carbons (Fsp3) is 0.353. The van der Waals surface area contributed by atoms with Crippen LogP contribution in [-0.4, -0.2) is 34.8 Å². The zero-order chi connectivity index (χ0) is 17.6. The molecular formula is C17H18F3N3O. The molecule has 1 saturated heterocycles. The molecule has 24 heavy (non-hydrogen) atoms. The summed E-state index contributed by atoms with van der Waals surface area (Å²) in [5.41, 5.74) is 0.101. The fourth-order valence-electron chi connectivity index (χ4n) is 2.72. The van der Waals surface area contributed by atoms with Gasteiger partial charge in [0.15, 0.2) is 17.5 Å². The Kier molecular flexibility index (Phi) is 3.81. The third-order valence-corrected chi connectivity index (χ3v) is 4.31. The summed E-state index contributed by atoms with van der Waals surface area (Å²) in [4.78, 5) is 8.33. The third-order valence-electron chi connectivity index (χ3n) is 4.31. The summed E-state index contributed by atoms with van der Waals surface area (Å²) >= 11 is 0. The number of nitrogens with zero attached hydrogens (tertiary/aromatic N) is 3. The van der Waals surface area contributed by atoms with Gasteiger partial charge in [-0.1, -0.05) is 6.58 Å². The van der Waals surface area contributed by atoms with E-state index in [9.17, 15) is 13.2 Å². The summed E-state index contributed by atoms with van der Waals surface area (Å²) < 4.78 is 45.0. The van der Waals surface area contributed by atoms with E-state index in [4.69, 9.17) is 4.74 Å². The minimum Gasteiger partial charge on any atom is -0.473 e. The number of aliphatic imine (C=N–C) groups is 1. The molecule has 128 valence electrons. The van der Waals surface area contributed by atoms with Crippen molar-refractivity contribution in [1.82, 2.24) is 9.80 Å². The third kappa shape index (κ3) is 2.74. The van der Waals surface area contributed by atoms with E-state index in [0.717, 1.165) is 24.5 Å². The van der Waals surface area contributed by atoms with Gasteiger partial charge in [0.2, 0.25) is 5.90 Å². The lowest BCUT2D eigenvalue weighted by Crippen LogP contribution is -2.36. The highest BCUT2D eigenvalue weighted by Crippen LogP contribution is 2.35. The highest BCUT2D eigenvalue weighted by Gasteiger charge is 2.40. The number of fused-ring (bicyclic) bond motifs is 1. The molecule has 0 spiro atoms. The van der Waals surface area contributed by atoms with Crippen molar-refractivity contribution in [2.24, 2.45) is 4.99 Å². The SMILES string of the molecule is C=C1N=C(OCc2cc(F)c(F)c(F)c2)C=C2N1CC(C)(C)N2C. The highest BCUT2D eigenvalue weighted by atomic mass is 19.2. The first-order valence-corrected chi connectivity index (χ1v) is 7.46. The quantitative estimate of drug-likeness (QED) is 0.775. The molecule has 2 aliphatic heterocycles. The minimum atomic E-state index is -1.49. The summed E-state index contributed by atoms with van der Waals surface area (Å²) in [6, 6.07) is 1.81. The first kappa shape index (κ1) is 16.4. The second kappa shape index (κ2) is 5.58. The summed E-state index contributed by atoms with van der Waals surface area (Å²) in [6.45, 7) is 8.75. The smallest absolute Gasteiger partial charge is 0.219 e. The zero-order valence-corrected chi connectivity index (χ0v) is 13.7. The molecule has 0 unspecified atom stereocenters. The molecule has 2 heterocycles. The van der Waals surface area contributed by atoms with Crippen molar-refractivity contribution in [2.45, 2.75) is 26.0 Å². The van der Waals surface area contributed by atoms with Gasteiger partial charge in [0.1, 0.15) is 18.2 Å². The molecule has 0 atom stereocenters. The van der Waals surface area contributed by atoms with Gasteiger partial charge in [0.05, 0.1) is 5.54 Å². The average Bonchev–Trinajstić information content (AvgIpc) is 2.74. The van der Waals surface area contributed by atoms with E-state index < -0.39 is 17.5 Å². The van der Waals surface area contributed by atoms with Crippen molar-refractivity contribution in [3.05, 3.63) is 59.4 Å². The minimum absolute atomic E-state index is 0.0804. The molecule has 0 aromatic heterocycles. The molecular weight excluding hydrogens is 319 g/mol. The fourth-order valence-corrected chi connectivity index (χ4v) is 2.72. The van der Waals surface area contributed by atoms with Gasteiger partial charge in [-0.05, 0) is 31.5 Å². The predicted molar refractivity (Wildman–Crippen MR) is 84.3 cm³/mol.